The van der Waals surface area contributed by atoms with Gasteiger partial charge in [0.15, 0.2) is 0 Å². The summed E-state index contributed by atoms with van der Waals surface area (Å²) in [4.78, 5) is 26.5. The highest BCUT2D eigenvalue weighted by Crippen LogP contribution is 2.13. The molecule has 2 rings (SSSR count). The smallest absolute Gasteiger partial charge is 0.319 e. The van der Waals surface area contributed by atoms with Gasteiger partial charge >= 0.3 is 6.03 Å². The lowest BCUT2D eigenvalue weighted by atomic mass is 10.1. The van der Waals surface area contributed by atoms with Gasteiger partial charge in [0.2, 0.25) is 0 Å². The number of hydrogen-bond acceptors (Lipinski definition) is 3. The zero-order chi connectivity index (χ0) is 21.1. The molecule has 0 aliphatic carbocycles. The summed E-state index contributed by atoms with van der Waals surface area (Å²) in [5.41, 5.74) is 2.41. The molecular formula is C23H31N3O3. The van der Waals surface area contributed by atoms with Gasteiger partial charge in [0.1, 0.15) is 5.75 Å². The van der Waals surface area contributed by atoms with Crippen molar-refractivity contribution in [2.45, 2.75) is 33.1 Å². The Morgan fingerprint density at radius 1 is 0.931 bits per heavy atom. The van der Waals surface area contributed by atoms with Crippen LogP contribution in [0.25, 0.3) is 0 Å². The fourth-order valence-corrected chi connectivity index (χ4v) is 3.02. The van der Waals surface area contributed by atoms with Crippen LogP contribution in [0, 0.1) is 0 Å². The van der Waals surface area contributed by atoms with Crippen molar-refractivity contribution in [3.8, 4) is 5.75 Å². The first kappa shape index (κ1) is 22.3. The van der Waals surface area contributed by atoms with E-state index >= 15 is 0 Å². The number of rotatable bonds is 10. The van der Waals surface area contributed by atoms with Crippen molar-refractivity contribution >= 4 is 17.6 Å². The zero-order valence-corrected chi connectivity index (χ0v) is 17.5. The van der Waals surface area contributed by atoms with E-state index in [4.69, 9.17) is 4.74 Å². The molecule has 0 spiro atoms. The molecule has 2 aromatic carbocycles. The van der Waals surface area contributed by atoms with E-state index in [0.29, 0.717) is 17.8 Å². The average molecular weight is 398 g/mol. The lowest BCUT2D eigenvalue weighted by Gasteiger charge is -2.21. The molecule has 0 heterocycles. The monoisotopic (exact) mass is 397 g/mol. The van der Waals surface area contributed by atoms with E-state index in [2.05, 4.69) is 24.5 Å². The number of ether oxygens (including phenoxy) is 1. The molecule has 0 saturated heterocycles. The molecule has 3 amide bonds. The fraction of sp³-hybridized carbons (Fsp3) is 0.391. The molecule has 2 N–H and O–H groups in total. The number of nitrogens with one attached hydrogen (secondary N) is 2. The van der Waals surface area contributed by atoms with Crippen LogP contribution in [-0.2, 0) is 6.42 Å². The molecule has 29 heavy (non-hydrogen) atoms. The minimum Gasteiger partial charge on any atom is -0.497 e. The molecule has 0 atom stereocenters. The van der Waals surface area contributed by atoms with E-state index in [1.165, 1.54) is 0 Å². The third-order valence-electron chi connectivity index (χ3n) is 4.52. The number of urea groups is 1. The molecule has 156 valence electrons. The van der Waals surface area contributed by atoms with Gasteiger partial charge in [-0.3, -0.25) is 4.79 Å². The Hall–Kier alpha value is -3.02. The molecule has 2 aromatic rings. The molecule has 0 unspecified atom stereocenters. The number of hydrogen-bond donors (Lipinski definition) is 2. The second-order valence-corrected chi connectivity index (χ2v) is 6.85. The standard InChI is InChI=1S/C23H31N3O3/c1-4-16-26(17-5-2)22(27)19-8-10-20(11-9-19)25-23(28)24-15-14-18-6-12-21(29-3)13-7-18/h6-13H,4-5,14-17H2,1-3H3,(H2,24,25,28). The van der Waals surface area contributed by atoms with Crippen LogP contribution in [-0.4, -0.2) is 43.6 Å². The highest BCUT2D eigenvalue weighted by atomic mass is 16.5. The first-order chi connectivity index (χ1) is 14.1. The van der Waals surface area contributed by atoms with Gasteiger partial charge in [-0.2, -0.15) is 0 Å². The Labute approximate surface area is 173 Å². The summed E-state index contributed by atoms with van der Waals surface area (Å²) in [5.74, 6) is 0.845. The third-order valence-corrected chi connectivity index (χ3v) is 4.52. The predicted octanol–water partition coefficient (Wildman–Crippen LogP) is 4.32. The van der Waals surface area contributed by atoms with Gasteiger partial charge in [-0.1, -0.05) is 26.0 Å². The Morgan fingerprint density at radius 2 is 1.55 bits per heavy atom. The van der Waals surface area contributed by atoms with Crippen LogP contribution in [0.2, 0.25) is 0 Å². The summed E-state index contributed by atoms with van der Waals surface area (Å²) in [5, 5.41) is 5.64. The molecule has 6 nitrogen and oxygen atoms in total. The van der Waals surface area contributed by atoms with Crippen molar-refractivity contribution in [3.63, 3.8) is 0 Å². The van der Waals surface area contributed by atoms with Crippen LogP contribution in [0.15, 0.2) is 48.5 Å². The summed E-state index contributed by atoms with van der Waals surface area (Å²) in [6.45, 7) is 6.16. The molecule has 0 saturated carbocycles. The lowest BCUT2D eigenvalue weighted by Crippen LogP contribution is -2.32. The Kier molecular flexibility index (Phi) is 9.02. The summed E-state index contributed by atoms with van der Waals surface area (Å²) >= 11 is 0. The van der Waals surface area contributed by atoms with Crippen molar-refractivity contribution in [1.29, 1.82) is 0 Å². The number of nitrogens with zero attached hydrogens (tertiary/aromatic N) is 1. The van der Waals surface area contributed by atoms with Gasteiger partial charge in [-0.15, -0.1) is 0 Å². The molecule has 0 fully saturated rings. The molecule has 0 aliphatic rings. The minimum absolute atomic E-state index is 0.0317. The number of benzene rings is 2. The number of carbonyl (C=O) groups is 2. The second-order valence-electron chi connectivity index (χ2n) is 6.85. The van der Waals surface area contributed by atoms with Crippen LogP contribution in [0.3, 0.4) is 0 Å². The third kappa shape index (κ3) is 7.14. The zero-order valence-electron chi connectivity index (χ0n) is 17.5. The maximum Gasteiger partial charge on any atom is 0.319 e. The predicted molar refractivity (Wildman–Crippen MR) is 117 cm³/mol. The number of carbonyl (C=O) groups excluding carboxylic acids is 2. The Balaban J connectivity index is 1.81. The second kappa shape index (κ2) is 11.7. The van der Waals surface area contributed by atoms with Crippen LogP contribution in [0.1, 0.15) is 42.6 Å². The summed E-state index contributed by atoms with van der Waals surface area (Å²) < 4.78 is 5.14. The van der Waals surface area contributed by atoms with Gasteiger partial charge in [-0.25, -0.2) is 4.79 Å². The normalized spacial score (nSPS) is 10.3. The minimum atomic E-state index is -0.267. The summed E-state index contributed by atoms with van der Waals surface area (Å²) in [6.07, 6.45) is 2.60. The van der Waals surface area contributed by atoms with Gasteiger partial charge in [-0.05, 0) is 61.2 Å². The average Bonchev–Trinajstić information content (AvgIpc) is 2.74. The van der Waals surface area contributed by atoms with E-state index < -0.39 is 0 Å². The van der Waals surface area contributed by atoms with Crippen LogP contribution < -0.4 is 15.4 Å². The fourth-order valence-electron chi connectivity index (χ4n) is 3.02. The Bertz CT molecular complexity index is 767. The van der Waals surface area contributed by atoms with E-state index in [0.717, 1.165) is 43.7 Å². The molecular weight excluding hydrogens is 366 g/mol. The van der Waals surface area contributed by atoms with Crippen molar-refractivity contribution in [3.05, 3.63) is 59.7 Å². The summed E-state index contributed by atoms with van der Waals surface area (Å²) in [6, 6.07) is 14.5. The Morgan fingerprint density at radius 3 is 2.10 bits per heavy atom. The van der Waals surface area contributed by atoms with Gasteiger partial charge in [0.05, 0.1) is 7.11 Å². The SMILES string of the molecule is CCCN(CCC)C(=O)c1ccc(NC(=O)NCCc2ccc(OC)cc2)cc1. The topological polar surface area (TPSA) is 70.7 Å². The lowest BCUT2D eigenvalue weighted by molar-refractivity contribution is 0.0755. The van der Waals surface area contributed by atoms with Crippen molar-refractivity contribution < 1.29 is 14.3 Å². The number of methoxy groups -OCH3 is 1. The molecule has 6 heteroatoms. The molecule has 0 aromatic heterocycles. The highest BCUT2D eigenvalue weighted by Gasteiger charge is 2.14. The number of anilines is 1. The maximum atomic E-state index is 12.6. The molecule has 0 bridgehead atoms. The first-order valence-corrected chi connectivity index (χ1v) is 10.1. The molecule has 0 aliphatic heterocycles. The van der Waals surface area contributed by atoms with E-state index in [-0.39, 0.29) is 11.9 Å². The number of amides is 3. The van der Waals surface area contributed by atoms with Crippen molar-refractivity contribution in [2.24, 2.45) is 0 Å². The van der Waals surface area contributed by atoms with Crippen LogP contribution in [0.4, 0.5) is 10.5 Å². The van der Waals surface area contributed by atoms with E-state index in [9.17, 15) is 9.59 Å². The molecule has 0 radical (unpaired) electrons. The van der Waals surface area contributed by atoms with Crippen molar-refractivity contribution in [2.75, 3.05) is 32.1 Å². The largest absolute Gasteiger partial charge is 0.497 e. The van der Waals surface area contributed by atoms with Crippen molar-refractivity contribution in [1.82, 2.24) is 10.2 Å². The van der Waals surface area contributed by atoms with Gasteiger partial charge < -0.3 is 20.3 Å². The van der Waals surface area contributed by atoms with Crippen LogP contribution >= 0.6 is 0 Å². The highest BCUT2D eigenvalue weighted by molar-refractivity contribution is 5.95. The van der Waals surface area contributed by atoms with E-state index in [1.54, 1.807) is 31.4 Å². The van der Waals surface area contributed by atoms with Gasteiger partial charge in [0, 0.05) is 30.9 Å². The van der Waals surface area contributed by atoms with Gasteiger partial charge in [0.25, 0.3) is 5.91 Å². The van der Waals surface area contributed by atoms with E-state index in [1.807, 2.05) is 29.2 Å². The van der Waals surface area contributed by atoms with Crippen LogP contribution in [0.5, 0.6) is 5.75 Å². The maximum absolute atomic E-state index is 12.6. The quantitative estimate of drug-likeness (QED) is 0.627. The first-order valence-electron chi connectivity index (χ1n) is 10.1. The summed E-state index contributed by atoms with van der Waals surface area (Å²) in [7, 11) is 1.63.